The summed E-state index contributed by atoms with van der Waals surface area (Å²) in [6, 6.07) is 0. The summed E-state index contributed by atoms with van der Waals surface area (Å²) in [5.41, 5.74) is 10.5. The Bertz CT molecular complexity index is 456. The summed E-state index contributed by atoms with van der Waals surface area (Å²) >= 11 is 1.55. The van der Waals surface area contributed by atoms with Crippen LogP contribution in [0.15, 0.2) is 11.7 Å². The molecular weight excluding hydrogens is 220 g/mol. The maximum Gasteiger partial charge on any atom is 0.171 e. The number of nitrogens with two attached hydrogens (primary N) is 1. The Balaban J connectivity index is 2.45. The molecule has 0 aliphatic heterocycles. The summed E-state index contributed by atoms with van der Waals surface area (Å²) in [6.07, 6.45) is 2.63. The van der Waals surface area contributed by atoms with Crippen LogP contribution in [0.1, 0.15) is 17.0 Å². The van der Waals surface area contributed by atoms with Crippen LogP contribution in [-0.2, 0) is 6.42 Å². The Morgan fingerprint density at radius 1 is 1.25 bits per heavy atom. The highest BCUT2D eigenvalue weighted by molar-refractivity contribution is 7.13. The summed E-state index contributed by atoms with van der Waals surface area (Å²) in [5, 5.41) is 0. The van der Waals surface area contributed by atoms with Crippen LogP contribution >= 0.6 is 11.3 Å². The van der Waals surface area contributed by atoms with E-state index in [1.165, 1.54) is 0 Å². The molecule has 0 aliphatic carbocycles. The standard InChI is InChI=1S/C11H14N4S/c1-7-9(3-4-12)8(2)15-11(14-7)10-5-13-6-16-10/h5-6H,3-4,12H2,1-2H3. The van der Waals surface area contributed by atoms with Gasteiger partial charge in [0, 0.05) is 17.6 Å². The number of thiazole rings is 1. The molecule has 0 saturated heterocycles. The molecule has 0 fully saturated rings. The Labute approximate surface area is 98.6 Å². The molecule has 0 aliphatic rings. The smallest absolute Gasteiger partial charge is 0.171 e. The molecule has 2 aromatic rings. The van der Waals surface area contributed by atoms with Crippen molar-refractivity contribution in [2.24, 2.45) is 5.73 Å². The summed E-state index contributed by atoms with van der Waals surface area (Å²) in [6.45, 7) is 4.64. The van der Waals surface area contributed by atoms with E-state index < -0.39 is 0 Å². The van der Waals surface area contributed by atoms with Crippen LogP contribution in [0.2, 0.25) is 0 Å². The van der Waals surface area contributed by atoms with Crippen LogP contribution in [0, 0.1) is 13.8 Å². The van der Waals surface area contributed by atoms with Gasteiger partial charge in [0.25, 0.3) is 0 Å². The van der Waals surface area contributed by atoms with Crippen molar-refractivity contribution >= 4 is 11.3 Å². The second-order valence-corrected chi connectivity index (χ2v) is 4.49. The fraction of sp³-hybridized carbons (Fsp3) is 0.364. The fourth-order valence-corrected chi connectivity index (χ4v) is 2.24. The van der Waals surface area contributed by atoms with Gasteiger partial charge in [-0.15, -0.1) is 11.3 Å². The molecule has 4 nitrogen and oxygen atoms in total. The van der Waals surface area contributed by atoms with E-state index in [4.69, 9.17) is 5.73 Å². The highest BCUT2D eigenvalue weighted by Gasteiger charge is 2.10. The first-order chi connectivity index (χ1) is 7.72. The first-order valence-corrected chi connectivity index (χ1v) is 6.03. The molecule has 0 bridgehead atoms. The number of aromatic nitrogens is 3. The largest absolute Gasteiger partial charge is 0.330 e. The summed E-state index contributed by atoms with van der Waals surface area (Å²) in [5.74, 6) is 0.762. The quantitative estimate of drug-likeness (QED) is 0.878. The molecule has 0 aromatic carbocycles. The highest BCUT2D eigenvalue weighted by atomic mass is 32.1. The summed E-state index contributed by atoms with van der Waals surface area (Å²) < 4.78 is 0. The van der Waals surface area contributed by atoms with Crippen molar-refractivity contribution in [3.05, 3.63) is 28.7 Å². The van der Waals surface area contributed by atoms with E-state index in [0.29, 0.717) is 6.54 Å². The molecule has 5 heteroatoms. The summed E-state index contributed by atoms with van der Waals surface area (Å²) in [4.78, 5) is 14.0. The highest BCUT2D eigenvalue weighted by Crippen LogP contribution is 2.21. The molecular formula is C11H14N4S. The minimum absolute atomic E-state index is 0.630. The van der Waals surface area contributed by atoms with Gasteiger partial charge in [0.1, 0.15) is 0 Å². The van der Waals surface area contributed by atoms with E-state index in [2.05, 4.69) is 15.0 Å². The molecule has 16 heavy (non-hydrogen) atoms. The molecule has 0 amide bonds. The molecule has 0 spiro atoms. The van der Waals surface area contributed by atoms with E-state index >= 15 is 0 Å². The van der Waals surface area contributed by atoms with Crippen molar-refractivity contribution < 1.29 is 0 Å². The number of hydrogen-bond acceptors (Lipinski definition) is 5. The first kappa shape index (κ1) is 11.2. The number of hydrogen-bond donors (Lipinski definition) is 1. The Hall–Kier alpha value is -1.33. The minimum atomic E-state index is 0.630. The van der Waals surface area contributed by atoms with Crippen LogP contribution in [-0.4, -0.2) is 21.5 Å². The predicted octanol–water partition coefficient (Wildman–Crippen LogP) is 1.72. The van der Waals surface area contributed by atoms with E-state index in [1.807, 2.05) is 13.8 Å². The third-order valence-corrected chi connectivity index (χ3v) is 3.24. The SMILES string of the molecule is Cc1nc(-c2cncs2)nc(C)c1CCN. The number of aryl methyl sites for hydroxylation is 2. The van der Waals surface area contributed by atoms with E-state index in [9.17, 15) is 0 Å². The van der Waals surface area contributed by atoms with E-state index in [1.54, 1.807) is 23.0 Å². The third kappa shape index (κ3) is 2.10. The lowest BCUT2D eigenvalue weighted by Gasteiger charge is -2.08. The van der Waals surface area contributed by atoms with Crippen LogP contribution in [0.4, 0.5) is 0 Å². The lowest BCUT2D eigenvalue weighted by atomic mass is 10.1. The fourth-order valence-electron chi connectivity index (χ4n) is 1.68. The lowest BCUT2D eigenvalue weighted by Crippen LogP contribution is -2.09. The van der Waals surface area contributed by atoms with Gasteiger partial charge >= 0.3 is 0 Å². The van der Waals surface area contributed by atoms with Crippen LogP contribution in [0.5, 0.6) is 0 Å². The Kier molecular flexibility index (Phi) is 3.26. The monoisotopic (exact) mass is 234 g/mol. The second kappa shape index (κ2) is 4.67. The molecule has 2 N–H and O–H groups in total. The lowest BCUT2D eigenvalue weighted by molar-refractivity contribution is 0.899. The van der Waals surface area contributed by atoms with Crippen LogP contribution < -0.4 is 5.73 Å². The molecule has 84 valence electrons. The molecule has 0 saturated carbocycles. The van der Waals surface area contributed by atoms with Gasteiger partial charge in [0.2, 0.25) is 0 Å². The molecule has 0 unspecified atom stereocenters. The average molecular weight is 234 g/mol. The first-order valence-electron chi connectivity index (χ1n) is 5.15. The van der Waals surface area contributed by atoms with Crippen molar-refractivity contribution in [2.75, 3.05) is 6.54 Å². The van der Waals surface area contributed by atoms with Crippen LogP contribution in [0.3, 0.4) is 0 Å². The van der Waals surface area contributed by atoms with Gasteiger partial charge in [0.15, 0.2) is 5.82 Å². The van der Waals surface area contributed by atoms with Gasteiger partial charge < -0.3 is 5.73 Å². The van der Waals surface area contributed by atoms with Crippen molar-refractivity contribution in [2.45, 2.75) is 20.3 Å². The predicted molar refractivity (Wildman–Crippen MR) is 65.4 cm³/mol. The topological polar surface area (TPSA) is 64.7 Å². The van der Waals surface area contributed by atoms with Gasteiger partial charge in [-0.1, -0.05) is 0 Å². The van der Waals surface area contributed by atoms with Gasteiger partial charge in [-0.25, -0.2) is 9.97 Å². The third-order valence-electron chi connectivity index (χ3n) is 2.47. The van der Waals surface area contributed by atoms with E-state index in [0.717, 1.165) is 34.1 Å². The van der Waals surface area contributed by atoms with Crippen molar-refractivity contribution in [3.8, 4) is 10.7 Å². The summed E-state index contributed by atoms with van der Waals surface area (Å²) in [7, 11) is 0. The normalized spacial score (nSPS) is 10.7. The van der Waals surface area contributed by atoms with Crippen molar-refractivity contribution in [1.82, 2.24) is 15.0 Å². The molecule has 2 rings (SSSR count). The van der Waals surface area contributed by atoms with Gasteiger partial charge in [-0.05, 0) is 32.4 Å². The number of nitrogens with zero attached hydrogens (tertiary/aromatic N) is 3. The maximum atomic E-state index is 5.57. The second-order valence-electron chi connectivity index (χ2n) is 3.60. The Morgan fingerprint density at radius 2 is 1.94 bits per heavy atom. The van der Waals surface area contributed by atoms with Crippen molar-refractivity contribution in [3.63, 3.8) is 0 Å². The van der Waals surface area contributed by atoms with Gasteiger partial charge in [0.05, 0.1) is 10.4 Å². The molecule has 0 radical (unpaired) electrons. The minimum Gasteiger partial charge on any atom is -0.330 e. The molecule has 2 heterocycles. The van der Waals surface area contributed by atoms with Crippen LogP contribution in [0.25, 0.3) is 10.7 Å². The number of rotatable bonds is 3. The zero-order valence-corrected chi connectivity index (χ0v) is 10.2. The zero-order chi connectivity index (χ0) is 11.5. The van der Waals surface area contributed by atoms with Crippen molar-refractivity contribution in [1.29, 1.82) is 0 Å². The zero-order valence-electron chi connectivity index (χ0n) is 9.40. The maximum absolute atomic E-state index is 5.57. The van der Waals surface area contributed by atoms with E-state index in [-0.39, 0.29) is 0 Å². The average Bonchev–Trinajstić information content (AvgIpc) is 2.76. The van der Waals surface area contributed by atoms with Gasteiger partial charge in [-0.3, -0.25) is 4.98 Å². The molecule has 0 atom stereocenters. The molecule has 2 aromatic heterocycles. The Morgan fingerprint density at radius 3 is 2.44 bits per heavy atom. The van der Waals surface area contributed by atoms with Gasteiger partial charge in [-0.2, -0.15) is 0 Å².